The molecule has 216 valence electrons. The lowest BCUT2D eigenvalue weighted by molar-refractivity contribution is 0.150. The summed E-state index contributed by atoms with van der Waals surface area (Å²) in [6.45, 7) is 17.6. The lowest BCUT2D eigenvalue weighted by Crippen LogP contribution is -2.54. The monoisotopic (exact) mass is 509 g/mol. The van der Waals surface area contributed by atoms with Crippen LogP contribution >= 0.6 is 0 Å². The zero-order valence-corrected chi connectivity index (χ0v) is 25.7. The van der Waals surface area contributed by atoms with E-state index in [0.29, 0.717) is 24.4 Å². The Bertz CT molecular complexity index is 419. The first kappa shape index (κ1) is 33.9. The molecule has 4 unspecified atom stereocenters. The predicted octanol–water partition coefficient (Wildman–Crippen LogP) is 8.22. The second-order valence-corrected chi connectivity index (χ2v) is 11.7. The Labute approximate surface area is 227 Å². The molecular weight excluding hydrogens is 440 g/mol. The van der Waals surface area contributed by atoms with E-state index in [1.165, 1.54) is 129 Å². The molecule has 0 saturated carbocycles. The normalized spacial score (nSPS) is 21.2. The molecule has 1 aliphatic rings. The van der Waals surface area contributed by atoms with Gasteiger partial charge in [0, 0.05) is 31.2 Å². The Morgan fingerprint density at radius 1 is 0.556 bits per heavy atom. The van der Waals surface area contributed by atoms with Gasteiger partial charge in [0.15, 0.2) is 0 Å². The molecule has 36 heavy (non-hydrogen) atoms. The van der Waals surface area contributed by atoms with Crippen molar-refractivity contribution in [3.63, 3.8) is 0 Å². The first-order chi connectivity index (χ1) is 17.7. The van der Waals surface area contributed by atoms with Crippen molar-refractivity contribution >= 4 is 0 Å². The molecule has 4 heteroatoms. The molecular formula is C32H68N4. The van der Waals surface area contributed by atoms with Crippen LogP contribution in [0.4, 0.5) is 0 Å². The van der Waals surface area contributed by atoms with Crippen molar-refractivity contribution in [3.05, 3.63) is 0 Å². The lowest BCUT2D eigenvalue weighted by Gasteiger charge is -2.34. The first-order valence-corrected chi connectivity index (χ1v) is 16.7. The maximum absolute atomic E-state index is 4.24. The summed E-state index contributed by atoms with van der Waals surface area (Å²) in [4.78, 5) is 2.73. The molecule has 0 amide bonds. The quantitative estimate of drug-likeness (QED) is 0.109. The Balaban J connectivity index is 3.14. The number of hydrogen-bond donors (Lipinski definition) is 3. The van der Waals surface area contributed by atoms with Gasteiger partial charge in [-0.1, -0.05) is 119 Å². The number of rotatable bonds is 25. The van der Waals surface area contributed by atoms with Crippen molar-refractivity contribution in [2.45, 2.75) is 182 Å². The molecule has 1 heterocycles. The third kappa shape index (κ3) is 13.6. The van der Waals surface area contributed by atoms with Gasteiger partial charge in [0.05, 0.1) is 0 Å². The van der Waals surface area contributed by atoms with E-state index in [9.17, 15) is 0 Å². The zero-order valence-electron chi connectivity index (χ0n) is 25.7. The van der Waals surface area contributed by atoms with Gasteiger partial charge in [-0.2, -0.15) is 0 Å². The maximum atomic E-state index is 4.24. The van der Waals surface area contributed by atoms with Crippen LogP contribution in [0.1, 0.15) is 157 Å². The molecule has 3 N–H and O–H groups in total. The van der Waals surface area contributed by atoms with Crippen LogP contribution in [-0.2, 0) is 0 Å². The highest BCUT2D eigenvalue weighted by Crippen LogP contribution is 2.29. The van der Waals surface area contributed by atoms with E-state index in [-0.39, 0.29) is 0 Å². The molecule has 0 radical (unpaired) electrons. The van der Waals surface area contributed by atoms with Crippen LogP contribution in [0, 0.1) is 5.92 Å². The Morgan fingerprint density at radius 3 is 1.64 bits per heavy atom. The van der Waals surface area contributed by atoms with Gasteiger partial charge in [-0.15, -0.1) is 0 Å². The topological polar surface area (TPSA) is 39.3 Å². The summed E-state index contributed by atoms with van der Waals surface area (Å²) in [5, 5.41) is 12.5. The average Bonchev–Trinajstić information content (AvgIpc) is 3.32. The predicted molar refractivity (Wildman–Crippen MR) is 162 cm³/mol. The minimum atomic E-state index is 0.332. The second kappa shape index (κ2) is 22.8. The van der Waals surface area contributed by atoms with E-state index >= 15 is 0 Å². The fourth-order valence-corrected chi connectivity index (χ4v) is 6.15. The molecule has 0 aromatic carbocycles. The van der Waals surface area contributed by atoms with E-state index in [1.54, 1.807) is 0 Å². The largest absolute Gasteiger partial charge is 0.312 e. The SMILES string of the molecule is CCCCCC(CCCCC)C1NC(N(CCC)CCCCC)NC1C(CCCCC)NCCCC. The molecule has 0 bridgehead atoms. The second-order valence-electron chi connectivity index (χ2n) is 11.7. The van der Waals surface area contributed by atoms with Crippen molar-refractivity contribution in [2.24, 2.45) is 5.92 Å². The average molecular weight is 509 g/mol. The summed E-state index contributed by atoms with van der Waals surface area (Å²) in [6.07, 6.45) is 24.4. The van der Waals surface area contributed by atoms with Crippen LogP contribution in [0.5, 0.6) is 0 Å². The Kier molecular flexibility index (Phi) is 21.4. The molecule has 0 aromatic rings. The number of nitrogens with zero attached hydrogens (tertiary/aromatic N) is 1. The van der Waals surface area contributed by atoms with Crippen molar-refractivity contribution in [1.29, 1.82) is 0 Å². The summed E-state index contributed by atoms with van der Waals surface area (Å²) in [7, 11) is 0. The fraction of sp³-hybridized carbons (Fsp3) is 1.00. The smallest absolute Gasteiger partial charge is 0.115 e. The minimum Gasteiger partial charge on any atom is -0.312 e. The number of hydrogen-bond acceptors (Lipinski definition) is 4. The summed E-state index contributed by atoms with van der Waals surface area (Å²) in [5.74, 6) is 0.784. The molecule has 0 aromatic heterocycles. The van der Waals surface area contributed by atoms with Gasteiger partial charge in [-0.3, -0.25) is 15.5 Å². The molecule has 1 fully saturated rings. The highest BCUT2D eigenvalue weighted by atomic mass is 15.4. The van der Waals surface area contributed by atoms with E-state index in [2.05, 4.69) is 62.4 Å². The number of unbranched alkanes of at least 4 members (excludes halogenated alkanes) is 9. The van der Waals surface area contributed by atoms with Crippen molar-refractivity contribution in [3.8, 4) is 0 Å². The van der Waals surface area contributed by atoms with Crippen molar-refractivity contribution < 1.29 is 0 Å². The van der Waals surface area contributed by atoms with Crippen LogP contribution in [0.15, 0.2) is 0 Å². The standard InChI is InChI=1S/C32H68N4/c1-7-13-18-22-28(23-19-14-8-2)30-31(29(24-20-15-9-3)33-25-17-11-5)35-32(34-30)36(26-12-6)27-21-16-10-4/h28-35H,7-27H2,1-6H3. The Morgan fingerprint density at radius 2 is 1.08 bits per heavy atom. The highest BCUT2D eigenvalue weighted by molar-refractivity contribution is 5.02. The molecule has 1 aliphatic heterocycles. The maximum Gasteiger partial charge on any atom is 0.115 e. The number of nitrogens with one attached hydrogen (secondary N) is 3. The van der Waals surface area contributed by atoms with Crippen LogP contribution in [0.3, 0.4) is 0 Å². The minimum absolute atomic E-state index is 0.332. The zero-order chi connectivity index (χ0) is 26.4. The van der Waals surface area contributed by atoms with Gasteiger partial charge in [0.25, 0.3) is 0 Å². The lowest BCUT2D eigenvalue weighted by atomic mass is 9.82. The van der Waals surface area contributed by atoms with Gasteiger partial charge in [-0.25, -0.2) is 0 Å². The van der Waals surface area contributed by atoms with Gasteiger partial charge < -0.3 is 5.32 Å². The van der Waals surface area contributed by atoms with Gasteiger partial charge in [0.2, 0.25) is 0 Å². The fourth-order valence-electron chi connectivity index (χ4n) is 6.15. The van der Waals surface area contributed by atoms with Crippen LogP contribution in [-0.4, -0.2) is 48.9 Å². The first-order valence-electron chi connectivity index (χ1n) is 16.7. The van der Waals surface area contributed by atoms with Crippen LogP contribution < -0.4 is 16.0 Å². The Hall–Kier alpha value is -0.160. The summed E-state index contributed by atoms with van der Waals surface area (Å²) in [5.41, 5.74) is 0. The van der Waals surface area contributed by atoms with Gasteiger partial charge >= 0.3 is 0 Å². The van der Waals surface area contributed by atoms with E-state index < -0.39 is 0 Å². The summed E-state index contributed by atoms with van der Waals surface area (Å²) < 4.78 is 0. The van der Waals surface area contributed by atoms with Crippen molar-refractivity contribution in [2.75, 3.05) is 19.6 Å². The third-order valence-corrected chi connectivity index (χ3v) is 8.37. The molecule has 0 spiro atoms. The van der Waals surface area contributed by atoms with Gasteiger partial charge in [-0.05, 0) is 51.0 Å². The molecule has 1 saturated heterocycles. The molecule has 4 atom stereocenters. The molecule has 4 nitrogen and oxygen atoms in total. The van der Waals surface area contributed by atoms with E-state index in [1.807, 2.05) is 0 Å². The van der Waals surface area contributed by atoms with Gasteiger partial charge in [0.1, 0.15) is 6.29 Å². The van der Waals surface area contributed by atoms with E-state index in [4.69, 9.17) is 0 Å². The summed E-state index contributed by atoms with van der Waals surface area (Å²) >= 11 is 0. The van der Waals surface area contributed by atoms with Crippen LogP contribution in [0.25, 0.3) is 0 Å². The third-order valence-electron chi connectivity index (χ3n) is 8.37. The highest BCUT2D eigenvalue weighted by Gasteiger charge is 2.42. The molecule has 0 aliphatic carbocycles. The van der Waals surface area contributed by atoms with E-state index in [0.717, 1.165) is 12.5 Å². The van der Waals surface area contributed by atoms with Crippen LogP contribution in [0.2, 0.25) is 0 Å². The molecule has 1 rings (SSSR count). The van der Waals surface area contributed by atoms with Crippen molar-refractivity contribution in [1.82, 2.24) is 20.9 Å². The summed E-state index contributed by atoms with van der Waals surface area (Å²) in [6, 6.07) is 1.68.